The van der Waals surface area contributed by atoms with Crippen LogP contribution in [-0.4, -0.2) is 18.3 Å². The van der Waals surface area contributed by atoms with Crippen LogP contribution in [0, 0.1) is 20.8 Å². The Morgan fingerprint density at radius 2 is 1.58 bits per heavy atom. The van der Waals surface area contributed by atoms with Gasteiger partial charge in [-0.15, -0.1) is 11.4 Å². The van der Waals surface area contributed by atoms with E-state index in [1.807, 2.05) is 12.1 Å². The fraction of sp³-hybridized carbons (Fsp3) is 0.235. The van der Waals surface area contributed by atoms with E-state index in [0.717, 1.165) is 22.5 Å². The quantitative estimate of drug-likeness (QED) is 0.549. The maximum atomic E-state index is 10.8. The molecule has 0 bridgehead atoms. The molecule has 129 valence electrons. The normalized spacial score (nSPS) is 10.9. The zero-order chi connectivity index (χ0) is 18.1. The minimum absolute atomic E-state index is 0.194. The summed E-state index contributed by atoms with van der Waals surface area (Å²) in [6.07, 6.45) is 3.19. The molecule has 1 aromatic heterocycles. The molecule has 0 saturated heterocycles. The fourth-order valence-electron chi connectivity index (χ4n) is 2.20. The van der Waals surface area contributed by atoms with Gasteiger partial charge < -0.3 is 4.98 Å². The van der Waals surface area contributed by atoms with Gasteiger partial charge >= 0.3 is 33.3 Å². The third kappa shape index (κ3) is 7.02. The molecule has 1 amide bonds. The van der Waals surface area contributed by atoms with Crippen LogP contribution in [0.25, 0.3) is 0 Å². The molecule has 0 N–H and O–H groups in total. The van der Waals surface area contributed by atoms with Crippen LogP contribution in [0.1, 0.15) is 35.0 Å². The first-order valence-corrected chi connectivity index (χ1v) is 10.1. The Labute approximate surface area is 157 Å². The topological polar surface area (TPSA) is 55.9 Å². The van der Waals surface area contributed by atoms with Gasteiger partial charge in [-0.2, -0.15) is 0 Å². The number of aliphatic imine (C=N–C) groups is 2. The molecule has 1 aromatic carbocycles. The summed E-state index contributed by atoms with van der Waals surface area (Å²) in [5.74, 6) is -0.237. The molecule has 0 fully saturated rings. The van der Waals surface area contributed by atoms with Crippen molar-refractivity contribution in [2.45, 2.75) is 27.7 Å². The molecule has 0 aliphatic rings. The summed E-state index contributed by atoms with van der Waals surface area (Å²) in [7, 11) is 9.53. The number of carbonyl (C=O) groups excluding carboxylic acids is 1. The average Bonchev–Trinajstić information content (AvgIpc) is 2.93. The van der Waals surface area contributed by atoms with Crippen molar-refractivity contribution in [3.63, 3.8) is 0 Å². The molecule has 0 spiro atoms. The zero-order valence-electron chi connectivity index (χ0n) is 13.8. The Bertz CT molecular complexity index is 731. The van der Waals surface area contributed by atoms with E-state index in [4.69, 9.17) is 20.2 Å². The van der Waals surface area contributed by atoms with E-state index in [2.05, 4.69) is 47.9 Å². The summed E-state index contributed by atoms with van der Waals surface area (Å²) < 4.78 is 0. The predicted molar refractivity (Wildman–Crippen MR) is 97.7 cm³/mol. The van der Waals surface area contributed by atoms with Crippen molar-refractivity contribution in [2.75, 3.05) is 0 Å². The van der Waals surface area contributed by atoms with E-state index in [9.17, 15) is 4.79 Å². The molecular weight excluding hydrogens is 389 g/mol. The van der Waals surface area contributed by atoms with E-state index < -0.39 is 0 Å². The number of aryl methyl sites for hydroxylation is 3. The van der Waals surface area contributed by atoms with Crippen molar-refractivity contribution >= 4 is 44.2 Å². The molecule has 0 aliphatic carbocycles. The van der Waals surface area contributed by atoms with Crippen LogP contribution in [0.5, 0.6) is 0 Å². The number of rotatable bonds is 3. The molecule has 0 radical (unpaired) electrons. The monoisotopic (exact) mass is 406 g/mol. The number of halogens is 2. The number of carbonyl (C=O) groups is 1. The molecule has 2 rings (SSSR count). The van der Waals surface area contributed by atoms with Crippen LogP contribution in [-0.2, 0) is 17.9 Å². The third-order valence-corrected chi connectivity index (χ3v) is 3.02. The van der Waals surface area contributed by atoms with Crippen molar-refractivity contribution in [1.82, 2.24) is 4.98 Å². The second-order valence-corrected chi connectivity index (χ2v) is 6.95. The van der Waals surface area contributed by atoms with Crippen molar-refractivity contribution in [3.05, 3.63) is 52.3 Å². The van der Waals surface area contributed by atoms with Gasteiger partial charge in [-0.25, -0.2) is 4.99 Å². The van der Waals surface area contributed by atoms with Gasteiger partial charge in [0.15, 0.2) is 0 Å². The van der Waals surface area contributed by atoms with Gasteiger partial charge in [-0.05, 0) is 31.9 Å². The number of hydrogen-bond donors (Lipinski definition) is 0. The van der Waals surface area contributed by atoms with E-state index in [0.29, 0.717) is 5.69 Å². The third-order valence-electron chi connectivity index (χ3n) is 3.02. The van der Waals surface area contributed by atoms with Crippen LogP contribution in [0.3, 0.4) is 0 Å². The van der Waals surface area contributed by atoms with Crippen LogP contribution in [0.4, 0.5) is 5.69 Å². The van der Waals surface area contributed by atoms with Gasteiger partial charge in [-0.1, -0.05) is 29.8 Å². The fourth-order valence-corrected chi connectivity index (χ4v) is 2.20. The summed E-state index contributed by atoms with van der Waals surface area (Å²) in [6.45, 7) is 7.59. The number of nitrogens with zero attached hydrogens (tertiary/aromatic N) is 3. The van der Waals surface area contributed by atoms with Crippen LogP contribution in [0.15, 0.2) is 34.3 Å². The summed E-state index contributed by atoms with van der Waals surface area (Å²) in [5, 5.41) is 0. The number of benzene rings is 1. The van der Waals surface area contributed by atoms with Crippen LogP contribution in [0.2, 0.25) is 0 Å². The molecule has 0 saturated carbocycles. The van der Waals surface area contributed by atoms with Gasteiger partial charge in [0, 0.05) is 19.4 Å². The van der Waals surface area contributed by atoms with Gasteiger partial charge in [0.2, 0.25) is 5.91 Å². The van der Waals surface area contributed by atoms with Gasteiger partial charge in [0.25, 0.3) is 0 Å². The zero-order valence-corrected chi connectivity index (χ0v) is 16.4. The summed E-state index contributed by atoms with van der Waals surface area (Å²) >= 11 is 0.194. The van der Waals surface area contributed by atoms with Crippen molar-refractivity contribution < 1.29 is 17.9 Å². The molecule has 2 aromatic rings. The molecule has 0 aliphatic heterocycles. The summed E-state index contributed by atoms with van der Waals surface area (Å²) in [5.41, 5.74) is 5.91. The number of hydrogen-bond acceptors (Lipinski definition) is 2. The SMILES string of the molecule is CC(=O)N=Cc1ccc(C=Nc2c(C)cc(C)cc2C)[n-]1.[Cl][Fe+][Cl]. The first-order valence-electron chi connectivity index (χ1n) is 7.02. The van der Waals surface area contributed by atoms with E-state index >= 15 is 0 Å². The molecule has 0 unspecified atom stereocenters. The van der Waals surface area contributed by atoms with Crippen LogP contribution < -0.4 is 4.98 Å². The van der Waals surface area contributed by atoms with Crippen molar-refractivity contribution in [1.29, 1.82) is 0 Å². The van der Waals surface area contributed by atoms with E-state index in [1.54, 1.807) is 6.21 Å². The Hall–Kier alpha value is -1.39. The molecule has 4 nitrogen and oxygen atoms in total. The second-order valence-electron chi connectivity index (χ2n) is 5.13. The first-order chi connectivity index (χ1) is 11.4. The molecule has 0 atom stereocenters. The van der Waals surface area contributed by atoms with E-state index in [1.165, 1.54) is 18.7 Å². The number of aromatic nitrogens is 1. The Morgan fingerprint density at radius 3 is 2.08 bits per heavy atom. The standard InChI is InChI=1S/C17H19N3O.2ClH.Fe/c1-11-7-12(2)17(13(3)8-11)19-10-16-6-5-15(20-16)9-18-14(4)21;;;/h5-10H,1-4H3,(H,18,19,20,21);2*1H;/q;;;+3/p-3. The Balaban J connectivity index is 0.000000891. The summed E-state index contributed by atoms with van der Waals surface area (Å²) in [6, 6.07) is 7.89. The van der Waals surface area contributed by atoms with E-state index in [-0.39, 0.29) is 19.0 Å². The molecule has 7 heteroatoms. The van der Waals surface area contributed by atoms with Crippen molar-refractivity contribution in [3.8, 4) is 0 Å². The predicted octanol–water partition coefficient (Wildman–Crippen LogP) is 4.66. The summed E-state index contributed by atoms with van der Waals surface area (Å²) in [4.78, 5) is 23.3. The first kappa shape index (κ1) is 20.7. The molecule has 24 heavy (non-hydrogen) atoms. The molecular formula is C17H18Cl2FeN3O. The van der Waals surface area contributed by atoms with Gasteiger partial charge in [0.05, 0.1) is 5.69 Å². The second kappa shape index (κ2) is 10.5. The average molecular weight is 407 g/mol. The van der Waals surface area contributed by atoms with Crippen LogP contribution >= 0.6 is 20.2 Å². The Morgan fingerprint density at radius 1 is 1.08 bits per heavy atom. The van der Waals surface area contributed by atoms with Gasteiger partial charge in [0.1, 0.15) is 0 Å². The Kier molecular flexibility index (Phi) is 9.01. The minimum atomic E-state index is -0.237. The van der Waals surface area contributed by atoms with Gasteiger partial charge in [-0.3, -0.25) is 9.79 Å². The molecule has 1 heterocycles. The maximum absolute atomic E-state index is 10.8. The number of amides is 1. The van der Waals surface area contributed by atoms with Crippen molar-refractivity contribution in [2.24, 2.45) is 9.98 Å².